The minimum atomic E-state index is -1.41. The molecule has 0 spiro atoms. The molecule has 2 aliphatic rings. The van der Waals surface area contributed by atoms with Crippen LogP contribution in [0.4, 0.5) is 0 Å². The molecule has 0 amide bonds. The van der Waals surface area contributed by atoms with Gasteiger partial charge < -0.3 is 10.2 Å². The molecule has 112 valence electrons. The van der Waals surface area contributed by atoms with Gasteiger partial charge in [-0.2, -0.15) is 0 Å². The van der Waals surface area contributed by atoms with Gasteiger partial charge in [0, 0.05) is 0 Å². The molecule has 2 nitrogen and oxygen atoms in total. The van der Waals surface area contributed by atoms with Crippen molar-refractivity contribution >= 4 is 7.26 Å². The third kappa shape index (κ3) is 3.34. The van der Waals surface area contributed by atoms with E-state index in [0.717, 1.165) is 17.5 Å². The molecule has 2 fully saturated rings. The van der Waals surface area contributed by atoms with Crippen LogP contribution >= 0.6 is 7.26 Å². The summed E-state index contributed by atoms with van der Waals surface area (Å²) in [6.07, 6.45) is 14.3. The van der Waals surface area contributed by atoms with Gasteiger partial charge >= 0.3 is 0 Å². The van der Waals surface area contributed by atoms with Crippen molar-refractivity contribution < 1.29 is 10.2 Å². The second-order valence-corrected chi connectivity index (χ2v) is 11.3. The van der Waals surface area contributed by atoms with Crippen LogP contribution in [0.25, 0.3) is 0 Å². The van der Waals surface area contributed by atoms with E-state index in [1.807, 2.05) is 6.92 Å². The molecule has 2 N–H and O–H groups in total. The fourth-order valence-corrected chi connectivity index (χ4v) is 10.7. The molecule has 0 bridgehead atoms. The van der Waals surface area contributed by atoms with Crippen molar-refractivity contribution in [2.75, 3.05) is 12.8 Å². The summed E-state index contributed by atoms with van der Waals surface area (Å²) >= 11 is 0. The molecule has 3 heteroatoms. The highest BCUT2D eigenvalue weighted by Gasteiger charge is 2.55. The Morgan fingerprint density at radius 1 is 0.895 bits per heavy atom. The topological polar surface area (TPSA) is 40.5 Å². The highest BCUT2D eigenvalue weighted by atomic mass is 31.2. The Morgan fingerprint density at radius 3 is 1.63 bits per heavy atom. The highest BCUT2D eigenvalue weighted by Crippen LogP contribution is 2.74. The van der Waals surface area contributed by atoms with Crippen molar-refractivity contribution in [1.29, 1.82) is 0 Å². The zero-order valence-electron chi connectivity index (χ0n) is 12.6. The van der Waals surface area contributed by atoms with Crippen LogP contribution in [-0.2, 0) is 0 Å². The van der Waals surface area contributed by atoms with E-state index in [1.54, 1.807) is 0 Å². The van der Waals surface area contributed by atoms with Crippen molar-refractivity contribution in [1.82, 2.24) is 0 Å². The van der Waals surface area contributed by atoms with Gasteiger partial charge in [-0.1, -0.05) is 12.8 Å². The van der Waals surface area contributed by atoms with E-state index in [0.29, 0.717) is 0 Å². The van der Waals surface area contributed by atoms with Crippen molar-refractivity contribution in [3.63, 3.8) is 0 Å². The highest BCUT2D eigenvalue weighted by molar-refractivity contribution is 7.77. The first kappa shape index (κ1) is 15.7. The number of aliphatic hydroxyl groups excluding tert-OH is 2. The minimum absolute atomic E-state index is 0.161. The van der Waals surface area contributed by atoms with E-state index in [1.165, 1.54) is 64.2 Å². The quantitative estimate of drug-likeness (QED) is 0.750. The average molecular weight is 287 g/mol. The van der Waals surface area contributed by atoms with Gasteiger partial charge in [-0.3, -0.25) is 0 Å². The van der Waals surface area contributed by atoms with Gasteiger partial charge in [-0.15, -0.1) is 0 Å². The zero-order valence-corrected chi connectivity index (χ0v) is 13.5. The standard InChI is InChI=1S/C16H32O2P/c1-14(18)19(13-12-17,15-8-4-2-5-9-15)16-10-6-3-7-11-16/h14-18H,2-13H2,1H3/q+1. The molecule has 0 aromatic rings. The Kier molecular flexibility index (Phi) is 6.11. The van der Waals surface area contributed by atoms with Crippen LogP contribution in [0.3, 0.4) is 0 Å². The third-order valence-electron chi connectivity index (χ3n) is 5.69. The predicted molar refractivity (Wildman–Crippen MR) is 84.3 cm³/mol. The molecule has 0 saturated heterocycles. The zero-order chi connectivity index (χ0) is 13.7. The molecule has 1 unspecified atom stereocenters. The van der Waals surface area contributed by atoms with Gasteiger partial charge in [0.25, 0.3) is 0 Å². The van der Waals surface area contributed by atoms with Crippen LogP contribution in [0.15, 0.2) is 0 Å². The summed E-state index contributed by atoms with van der Waals surface area (Å²) in [6.45, 7) is 2.32. The molecule has 0 aromatic carbocycles. The van der Waals surface area contributed by atoms with E-state index in [4.69, 9.17) is 0 Å². The molecule has 1 atom stereocenters. The van der Waals surface area contributed by atoms with Crippen LogP contribution in [-0.4, -0.2) is 40.1 Å². The van der Waals surface area contributed by atoms with Gasteiger partial charge in [0.15, 0.2) is 5.85 Å². The average Bonchev–Trinajstić information content (AvgIpc) is 2.46. The van der Waals surface area contributed by atoms with Crippen molar-refractivity contribution in [3.8, 4) is 0 Å². The first-order valence-electron chi connectivity index (χ1n) is 8.38. The maximum atomic E-state index is 10.6. The van der Waals surface area contributed by atoms with E-state index >= 15 is 0 Å². The summed E-state index contributed by atoms with van der Waals surface area (Å²) in [4.78, 5) is 0. The number of aliphatic hydroxyl groups is 2. The summed E-state index contributed by atoms with van der Waals surface area (Å²) < 4.78 is 0. The molecule has 2 aliphatic carbocycles. The largest absolute Gasteiger partial charge is 0.393 e. The lowest BCUT2D eigenvalue weighted by Crippen LogP contribution is -2.36. The smallest absolute Gasteiger partial charge is 0.161 e. The normalized spacial score (nSPS) is 25.4. The lowest BCUT2D eigenvalue weighted by atomic mass is 9.99. The monoisotopic (exact) mass is 287 g/mol. The minimum Gasteiger partial charge on any atom is -0.393 e. The Labute approximate surface area is 119 Å². The van der Waals surface area contributed by atoms with E-state index in [9.17, 15) is 10.2 Å². The SMILES string of the molecule is CC(O)[P+](CCO)(C1CCCCC1)C1CCCCC1. The first-order valence-corrected chi connectivity index (χ1v) is 10.6. The van der Waals surface area contributed by atoms with Crippen LogP contribution in [0.5, 0.6) is 0 Å². The van der Waals surface area contributed by atoms with Crippen molar-refractivity contribution in [2.24, 2.45) is 0 Å². The fraction of sp³-hybridized carbons (Fsp3) is 1.00. The van der Waals surface area contributed by atoms with Crippen LogP contribution in [0.1, 0.15) is 71.1 Å². The molecule has 0 aromatic heterocycles. The Hall–Kier alpha value is 0.350. The molecule has 0 radical (unpaired) electrons. The van der Waals surface area contributed by atoms with Crippen LogP contribution in [0, 0.1) is 0 Å². The number of rotatable bonds is 5. The molecule has 2 rings (SSSR count). The molecular weight excluding hydrogens is 255 g/mol. The van der Waals surface area contributed by atoms with E-state index < -0.39 is 7.26 Å². The van der Waals surface area contributed by atoms with Crippen LogP contribution < -0.4 is 0 Å². The lowest BCUT2D eigenvalue weighted by Gasteiger charge is -2.44. The lowest BCUT2D eigenvalue weighted by molar-refractivity contribution is 0.261. The van der Waals surface area contributed by atoms with E-state index in [-0.39, 0.29) is 12.5 Å². The van der Waals surface area contributed by atoms with Gasteiger partial charge in [0.1, 0.15) is 0 Å². The predicted octanol–water partition coefficient (Wildman–Crippen LogP) is 4.00. The Morgan fingerprint density at radius 2 is 1.32 bits per heavy atom. The van der Waals surface area contributed by atoms with Gasteiger partial charge in [0.05, 0.1) is 31.3 Å². The van der Waals surface area contributed by atoms with Crippen molar-refractivity contribution in [3.05, 3.63) is 0 Å². The second kappa shape index (κ2) is 7.38. The van der Waals surface area contributed by atoms with Crippen LogP contribution in [0.2, 0.25) is 0 Å². The summed E-state index contributed by atoms with van der Waals surface area (Å²) in [5.74, 6) is -0.161. The van der Waals surface area contributed by atoms with Gasteiger partial charge in [-0.05, 0) is 58.3 Å². The Balaban J connectivity index is 2.22. The van der Waals surface area contributed by atoms with Crippen molar-refractivity contribution in [2.45, 2.75) is 88.3 Å². The van der Waals surface area contributed by atoms with E-state index in [2.05, 4.69) is 0 Å². The summed E-state index contributed by atoms with van der Waals surface area (Å²) in [5.41, 5.74) is 1.49. The van der Waals surface area contributed by atoms with Gasteiger partial charge in [-0.25, -0.2) is 0 Å². The molecule has 0 aliphatic heterocycles. The number of hydrogen-bond donors (Lipinski definition) is 2. The number of hydrogen-bond acceptors (Lipinski definition) is 2. The summed E-state index contributed by atoms with van der Waals surface area (Å²) in [5, 5.41) is 20.3. The first-order chi connectivity index (χ1) is 9.21. The molecular formula is C16H32O2P+. The maximum Gasteiger partial charge on any atom is 0.161 e. The van der Waals surface area contributed by atoms with Gasteiger partial charge in [0.2, 0.25) is 0 Å². The molecule has 19 heavy (non-hydrogen) atoms. The summed E-state index contributed by atoms with van der Waals surface area (Å²) in [7, 11) is -1.41. The molecule has 0 heterocycles. The third-order valence-corrected chi connectivity index (χ3v) is 11.8. The second-order valence-electron chi connectivity index (χ2n) is 6.66. The molecule has 2 saturated carbocycles. The Bertz CT molecular complexity index is 237. The maximum absolute atomic E-state index is 10.6. The summed E-state index contributed by atoms with van der Waals surface area (Å²) in [6, 6.07) is 0. The fourth-order valence-electron chi connectivity index (χ4n) is 4.76.